The lowest BCUT2D eigenvalue weighted by atomic mass is 9.92. The molecule has 31 heavy (non-hydrogen) atoms. The van der Waals surface area contributed by atoms with Crippen LogP contribution in [0, 0.1) is 19.8 Å². The number of piperazine rings is 1. The molecule has 7 nitrogen and oxygen atoms in total. The van der Waals surface area contributed by atoms with E-state index in [0.717, 1.165) is 70.1 Å². The number of anilines is 1. The number of pyridine rings is 1. The summed E-state index contributed by atoms with van der Waals surface area (Å²) in [4.78, 5) is 36.2. The van der Waals surface area contributed by atoms with Gasteiger partial charge in [-0.2, -0.15) is 0 Å². The number of nitrogens with zero attached hydrogens (tertiary/aromatic N) is 4. The Labute approximate surface area is 184 Å². The van der Waals surface area contributed by atoms with Crippen molar-refractivity contribution in [3.05, 3.63) is 47.5 Å². The number of likely N-dealkylation sites (tertiary alicyclic amines) is 1. The van der Waals surface area contributed by atoms with Gasteiger partial charge in [0.1, 0.15) is 17.3 Å². The van der Waals surface area contributed by atoms with Gasteiger partial charge in [0, 0.05) is 51.9 Å². The van der Waals surface area contributed by atoms with Crippen molar-refractivity contribution in [1.82, 2.24) is 14.8 Å². The Hall–Kier alpha value is -2.83. The van der Waals surface area contributed by atoms with Gasteiger partial charge in [-0.25, -0.2) is 4.98 Å². The highest BCUT2D eigenvalue weighted by Gasteiger charge is 2.28. The summed E-state index contributed by atoms with van der Waals surface area (Å²) in [5.74, 6) is 3.09. The van der Waals surface area contributed by atoms with Crippen molar-refractivity contribution < 1.29 is 14.0 Å². The third-order valence-corrected chi connectivity index (χ3v) is 6.45. The Balaban J connectivity index is 1.24. The smallest absolute Gasteiger partial charge is 0.257 e. The van der Waals surface area contributed by atoms with E-state index in [2.05, 4.69) is 9.88 Å². The number of rotatable bonds is 5. The second-order valence-electron chi connectivity index (χ2n) is 8.68. The highest BCUT2D eigenvalue weighted by atomic mass is 16.3. The molecule has 4 heterocycles. The van der Waals surface area contributed by atoms with E-state index in [1.54, 1.807) is 6.20 Å². The molecule has 1 atom stereocenters. The normalized spacial score (nSPS) is 19.5. The Morgan fingerprint density at radius 3 is 2.58 bits per heavy atom. The van der Waals surface area contributed by atoms with Crippen molar-refractivity contribution in [3.63, 3.8) is 0 Å². The molecule has 0 radical (unpaired) electrons. The molecule has 166 valence electrons. The van der Waals surface area contributed by atoms with Crippen molar-refractivity contribution in [2.45, 2.75) is 39.5 Å². The predicted molar refractivity (Wildman–Crippen MR) is 119 cm³/mol. The molecule has 2 aliphatic heterocycles. The highest BCUT2D eigenvalue weighted by molar-refractivity contribution is 5.95. The van der Waals surface area contributed by atoms with Crippen LogP contribution in [0.3, 0.4) is 0 Å². The molecule has 2 aromatic heterocycles. The fourth-order valence-electron chi connectivity index (χ4n) is 4.71. The van der Waals surface area contributed by atoms with E-state index in [1.807, 2.05) is 47.9 Å². The molecule has 0 N–H and O–H groups in total. The molecular formula is C24H32N4O3. The van der Waals surface area contributed by atoms with Crippen molar-refractivity contribution in [3.8, 4) is 0 Å². The second kappa shape index (κ2) is 9.54. The lowest BCUT2D eigenvalue weighted by Gasteiger charge is -2.36. The molecule has 7 heteroatoms. The molecule has 0 spiro atoms. The molecule has 4 rings (SSSR count). The third-order valence-electron chi connectivity index (χ3n) is 6.45. The number of piperidine rings is 1. The molecule has 2 aromatic rings. The third kappa shape index (κ3) is 5.09. The molecule has 0 unspecified atom stereocenters. The minimum absolute atomic E-state index is 0.0519. The number of aryl methyl sites for hydroxylation is 2. The number of aromatic nitrogens is 1. The zero-order chi connectivity index (χ0) is 21.8. The Kier molecular flexibility index (Phi) is 6.59. The highest BCUT2D eigenvalue weighted by Crippen LogP contribution is 2.25. The van der Waals surface area contributed by atoms with E-state index < -0.39 is 0 Å². The van der Waals surface area contributed by atoms with E-state index in [4.69, 9.17) is 4.42 Å². The van der Waals surface area contributed by atoms with Crippen LogP contribution < -0.4 is 4.90 Å². The number of carbonyl (C=O) groups excluding carboxylic acids is 2. The van der Waals surface area contributed by atoms with E-state index in [-0.39, 0.29) is 11.8 Å². The largest absolute Gasteiger partial charge is 0.466 e. The topological polar surface area (TPSA) is 69.9 Å². The van der Waals surface area contributed by atoms with Crippen LogP contribution >= 0.6 is 0 Å². The first-order valence-corrected chi connectivity index (χ1v) is 11.3. The minimum atomic E-state index is 0.0519. The number of amides is 2. The maximum atomic E-state index is 12.9. The predicted octanol–water partition coefficient (Wildman–Crippen LogP) is 3.27. The van der Waals surface area contributed by atoms with Gasteiger partial charge >= 0.3 is 0 Å². The van der Waals surface area contributed by atoms with E-state index in [1.165, 1.54) is 0 Å². The van der Waals surface area contributed by atoms with Gasteiger partial charge in [0.25, 0.3) is 5.91 Å². The average Bonchev–Trinajstić information content (AvgIpc) is 3.15. The molecule has 2 fully saturated rings. The summed E-state index contributed by atoms with van der Waals surface area (Å²) in [6.45, 7) is 8.33. The maximum absolute atomic E-state index is 12.9. The van der Waals surface area contributed by atoms with Gasteiger partial charge in [-0.3, -0.25) is 9.59 Å². The zero-order valence-electron chi connectivity index (χ0n) is 18.5. The first-order chi connectivity index (χ1) is 15.0. The molecule has 0 saturated carbocycles. The van der Waals surface area contributed by atoms with Gasteiger partial charge < -0.3 is 19.1 Å². The van der Waals surface area contributed by atoms with Gasteiger partial charge in [0.15, 0.2) is 0 Å². The van der Waals surface area contributed by atoms with Crippen LogP contribution in [-0.4, -0.2) is 65.9 Å². The fraction of sp³-hybridized carbons (Fsp3) is 0.542. The van der Waals surface area contributed by atoms with Crippen molar-refractivity contribution >= 4 is 17.6 Å². The number of carbonyl (C=O) groups is 2. The monoisotopic (exact) mass is 424 g/mol. The molecular weight excluding hydrogens is 392 g/mol. The summed E-state index contributed by atoms with van der Waals surface area (Å²) in [7, 11) is 0. The number of hydrogen-bond acceptors (Lipinski definition) is 5. The van der Waals surface area contributed by atoms with E-state index in [0.29, 0.717) is 23.7 Å². The fourth-order valence-corrected chi connectivity index (χ4v) is 4.71. The van der Waals surface area contributed by atoms with Gasteiger partial charge in [0.05, 0.1) is 5.56 Å². The van der Waals surface area contributed by atoms with Crippen LogP contribution in [0.2, 0.25) is 0 Å². The molecule has 0 bridgehead atoms. The van der Waals surface area contributed by atoms with E-state index in [9.17, 15) is 9.59 Å². The number of hydrogen-bond donors (Lipinski definition) is 0. The molecule has 2 aliphatic rings. The summed E-state index contributed by atoms with van der Waals surface area (Å²) in [5, 5.41) is 0. The molecule has 0 aliphatic carbocycles. The maximum Gasteiger partial charge on any atom is 0.257 e. The SMILES string of the molecule is Cc1cc(C(=O)N2CCC[C@H](CCC(=O)N3CCN(c4ccccn4)CC3)C2)c(C)o1. The van der Waals surface area contributed by atoms with Gasteiger partial charge in [-0.15, -0.1) is 0 Å². The van der Waals surface area contributed by atoms with Crippen molar-refractivity contribution in [1.29, 1.82) is 0 Å². The van der Waals surface area contributed by atoms with Gasteiger partial charge in [-0.05, 0) is 57.2 Å². The lowest BCUT2D eigenvalue weighted by Crippen LogP contribution is -2.49. The zero-order valence-corrected chi connectivity index (χ0v) is 18.5. The van der Waals surface area contributed by atoms with Crippen LogP contribution in [-0.2, 0) is 4.79 Å². The Bertz CT molecular complexity index is 903. The summed E-state index contributed by atoms with van der Waals surface area (Å²) in [5.41, 5.74) is 0.667. The van der Waals surface area contributed by atoms with Crippen LogP contribution in [0.1, 0.15) is 47.6 Å². The quantitative estimate of drug-likeness (QED) is 0.737. The van der Waals surface area contributed by atoms with Gasteiger partial charge in [-0.1, -0.05) is 6.07 Å². The average molecular weight is 425 g/mol. The van der Waals surface area contributed by atoms with Crippen molar-refractivity contribution in [2.75, 3.05) is 44.2 Å². The first-order valence-electron chi connectivity index (χ1n) is 11.3. The summed E-state index contributed by atoms with van der Waals surface area (Å²) in [6.07, 6.45) is 5.27. The number of furan rings is 1. The first kappa shape index (κ1) is 21.4. The summed E-state index contributed by atoms with van der Waals surface area (Å²) >= 11 is 0. The molecule has 2 amide bonds. The molecule has 2 saturated heterocycles. The second-order valence-corrected chi connectivity index (χ2v) is 8.68. The van der Waals surface area contributed by atoms with Crippen LogP contribution in [0.5, 0.6) is 0 Å². The standard InChI is InChI=1S/C24H32N4O3/c1-18-16-21(19(2)31-18)24(30)28-11-5-6-20(17-28)8-9-23(29)27-14-12-26(13-15-27)22-7-3-4-10-25-22/h3-4,7,10,16,20H,5-6,8-9,11-15,17H2,1-2H3/t20-/m1/s1. The van der Waals surface area contributed by atoms with Crippen LogP contribution in [0.15, 0.2) is 34.9 Å². The lowest BCUT2D eigenvalue weighted by molar-refractivity contribution is -0.131. The summed E-state index contributed by atoms with van der Waals surface area (Å²) < 4.78 is 5.53. The Morgan fingerprint density at radius 2 is 1.90 bits per heavy atom. The van der Waals surface area contributed by atoms with Crippen LogP contribution in [0.4, 0.5) is 5.82 Å². The van der Waals surface area contributed by atoms with Gasteiger partial charge in [0.2, 0.25) is 5.91 Å². The van der Waals surface area contributed by atoms with Crippen LogP contribution in [0.25, 0.3) is 0 Å². The molecule has 0 aromatic carbocycles. The minimum Gasteiger partial charge on any atom is -0.466 e. The summed E-state index contributed by atoms with van der Waals surface area (Å²) in [6, 6.07) is 7.75. The van der Waals surface area contributed by atoms with Crippen molar-refractivity contribution in [2.24, 2.45) is 5.92 Å². The Morgan fingerprint density at radius 1 is 1.10 bits per heavy atom. The van der Waals surface area contributed by atoms with E-state index >= 15 is 0 Å².